The first kappa shape index (κ1) is 13.3. The molecule has 3 heterocycles. The van der Waals surface area contributed by atoms with Crippen LogP contribution in [0.25, 0.3) is 10.4 Å². The maximum absolute atomic E-state index is 13.6. The van der Waals surface area contributed by atoms with Gasteiger partial charge in [0.2, 0.25) is 5.91 Å². The van der Waals surface area contributed by atoms with Crippen molar-refractivity contribution in [3.8, 4) is 10.4 Å². The van der Waals surface area contributed by atoms with Gasteiger partial charge in [0.25, 0.3) is 10.2 Å². The standard InChI is InChI=1S/C19H19ClFN5O3S2/c1-25-10-11(9-22-25)17-5-6-18(30-17)15-8-16(26(2)31(28,29)24-15)19(27)23-12-3-4-14(21)13(20)7-12/h3-7,9-10,15-16,24H,8H2,1-2H3,(H,23,27)/t15-,16+/m0/s1/i1D3,2D3,8D,15D,16D/t8?,15-,16+. The van der Waals surface area contributed by atoms with Crippen molar-refractivity contribution in [2.24, 2.45) is 6.98 Å². The third-order valence-electron chi connectivity index (χ3n) is 4.13. The topological polar surface area (TPSA) is 96.3 Å². The van der Waals surface area contributed by atoms with Gasteiger partial charge in [-0.1, -0.05) is 11.6 Å². The molecule has 1 aliphatic rings. The van der Waals surface area contributed by atoms with Crippen molar-refractivity contribution in [2.75, 3.05) is 12.3 Å². The molecule has 1 amide bonds. The predicted molar refractivity (Wildman–Crippen MR) is 118 cm³/mol. The number of hydrogen-bond acceptors (Lipinski definition) is 5. The van der Waals surface area contributed by atoms with Crippen LogP contribution in [0.4, 0.5) is 10.1 Å². The SMILES string of the molecule is [2H]C1[C@]([2H])(C(=O)Nc2ccc(F)c(Cl)c2)N(C([2H])([2H])[2H])S(=O)(=O)N[C@]1([2H])c1ccc(-c2cnn(C([2H])([2H])[2H])c2)s1. The summed E-state index contributed by atoms with van der Waals surface area (Å²) in [4.78, 5) is 13.5. The maximum atomic E-state index is 13.6. The van der Waals surface area contributed by atoms with Crippen molar-refractivity contribution < 1.29 is 29.9 Å². The molecule has 8 nitrogen and oxygen atoms in total. The number of carbonyl (C=O) groups is 1. The van der Waals surface area contributed by atoms with Crippen LogP contribution in [0.3, 0.4) is 0 Å². The number of rotatable bonds is 4. The van der Waals surface area contributed by atoms with Gasteiger partial charge in [-0.05, 0) is 36.7 Å². The van der Waals surface area contributed by atoms with Crippen LogP contribution >= 0.6 is 22.9 Å². The highest BCUT2D eigenvalue weighted by Crippen LogP contribution is 2.36. The van der Waals surface area contributed by atoms with E-state index in [0.29, 0.717) is 9.56 Å². The summed E-state index contributed by atoms with van der Waals surface area (Å²) >= 11 is 6.46. The molecule has 2 N–H and O–H groups in total. The molecule has 0 radical (unpaired) electrons. The number of amides is 1. The average Bonchev–Trinajstić information content (AvgIpc) is 3.48. The zero-order valence-corrected chi connectivity index (χ0v) is 17.6. The number of nitrogens with one attached hydrogen (secondary N) is 2. The van der Waals surface area contributed by atoms with Gasteiger partial charge >= 0.3 is 0 Å². The summed E-state index contributed by atoms with van der Waals surface area (Å²) in [6, 6.07) is -0.769. The summed E-state index contributed by atoms with van der Waals surface area (Å²) < 4.78 is 114. The largest absolute Gasteiger partial charge is 0.325 e. The first-order valence-corrected chi connectivity index (χ1v) is 11.0. The summed E-state index contributed by atoms with van der Waals surface area (Å²) in [5.41, 5.74) is 0.0558. The second-order valence-electron chi connectivity index (χ2n) is 6.24. The van der Waals surface area contributed by atoms with E-state index in [1.54, 1.807) is 0 Å². The minimum atomic E-state index is -5.31. The monoisotopic (exact) mass is 492 g/mol. The highest BCUT2D eigenvalue weighted by Gasteiger charge is 2.41. The van der Waals surface area contributed by atoms with Crippen molar-refractivity contribution >= 4 is 44.7 Å². The summed E-state index contributed by atoms with van der Waals surface area (Å²) in [6.07, 6.45) is -0.0141. The number of carbonyl (C=O) groups excluding carboxylic acids is 1. The molecule has 3 atom stereocenters. The van der Waals surface area contributed by atoms with Gasteiger partial charge in [0.05, 0.1) is 20.0 Å². The molecule has 12 heteroatoms. The summed E-state index contributed by atoms with van der Waals surface area (Å²) in [6.45, 7) is -6.22. The van der Waals surface area contributed by atoms with E-state index < -0.39 is 63.6 Å². The number of aryl methyl sites for hydroxylation is 1. The minimum Gasteiger partial charge on any atom is -0.325 e. The van der Waals surface area contributed by atoms with Crippen LogP contribution in [-0.4, -0.2) is 41.4 Å². The summed E-state index contributed by atoms with van der Waals surface area (Å²) in [5, 5.41) is 5.42. The zero-order chi connectivity index (χ0) is 30.1. The molecule has 0 saturated carbocycles. The van der Waals surface area contributed by atoms with E-state index in [2.05, 4.69) is 10.4 Å². The fraction of sp³-hybridized carbons (Fsp3) is 0.263. The Hall–Kier alpha value is -2.31. The molecule has 164 valence electrons. The number of benzene rings is 1. The van der Waals surface area contributed by atoms with Gasteiger partial charge in [-0.3, -0.25) is 9.48 Å². The lowest BCUT2D eigenvalue weighted by atomic mass is 10.1. The predicted octanol–water partition coefficient (Wildman–Crippen LogP) is 3.16. The van der Waals surface area contributed by atoms with E-state index in [9.17, 15) is 17.6 Å². The molecule has 31 heavy (non-hydrogen) atoms. The Morgan fingerprint density at radius 2 is 2.29 bits per heavy atom. The lowest BCUT2D eigenvalue weighted by molar-refractivity contribution is -0.120. The first-order valence-electron chi connectivity index (χ1n) is 13.0. The number of anilines is 1. The number of hydrogen-bond donors (Lipinski definition) is 2. The van der Waals surface area contributed by atoms with Gasteiger partial charge in [0, 0.05) is 50.7 Å². The number of aromatic nitrogens is 2. The number of thiophene rings is 1. The molecule has 1 aliphatic heterocycles. The summed E-state index contributed by atoms with van der Waals surface area (Å²) in [5.74, 6) is -2.46. The maximum Gasteiger partial charge on any atom is 0.280 e. The van der Waals surface area contributed by atoms with E-state index in [1.807, 2.05) is 4.72 Å². The molecular formula is C19H19ClFN5O3S2. The van der Waals surface area contributed by atoms with Gasteiger partial charge in [-0.2, -0.15) is 22.5 Å². The first-order chi connectivity index (χ1) is 18.2. The van der Waals surface area contributed by atoms with Crippen molar-refractivity contribution in [2.45, 2.75) is 18.4 Å². The lowest BCUT2D eigenvalue weighted by Crippen LogP contribution is -2.55. The van der Waals surface area contributed by atoms with Crippen LogP contribution in [0.2, 0.25) is 5.02 Å². The molecule has 2 aromatic heterocycles. The lowest BCUT2D eigenvalue weighted by Gasteiger charge is -2.35. The second kappa shape index (κ2) is 8.32. The smallest absolute Gasteiger partial charge is 0.280 e. The third-order valence-corrected chi connectivity index (χ3v) is 6.74. The molecule has 1 aromatic carbocycles. The molecule has 0 spiro atoms. The Morgan fingerprint density at radius 1 is 1.45 bits per heavy atom. The van der Waals surface area contributed by atoms with Gasteiger partial charge in [0.1, 0.15) is 11.8 Å². The van der Waals surface area contributed by atoms with Crippen molar-refractivity contribution in [3.63, 3.8) is 0 Å². The van der Waals surface area contributed by atoms with Gasteiger partial charge in [-0.25, -0.2) is 4.39 Å². The van der Waals surface area contributed by atoms with Gasteiger partial charge in [-0.15, -0.1) is 11.3 Å². The Bertz CT molecular complexity index is 1580. The Kier molecular flexibility index (Phi) is 3.57. The fourth-order valence-corrected chi connectivity index (χ4v) is 4.80. The minimum absolute atomic E-state index is 0.202. The fourth-order valence-electron chi connectivity index (χ4n) is 2.67. The average molecular weight is 493 g/mol. The van der Waals surface area contributed by atoms with Crippen LogP contribution in [-0.2, 0) is 22.0 Å². The van der Waals surface area contributed by atoms with Crippen LogP contribution in [0, 0.1) is 5.82 Å². The van der Waals surface area contributed by atoms with E-state index in [-0.39, 0.29) is 16.1 Å². The molecule has 1 fully saturated rings. The number of nitrogens with zero attached hydrogens (tertiary/aromatic N) is 3. The van der Waals surface area contributed by atoms with Crippen LogP contribution < -0.4 is 10.0 Å². The van der Waals surface area contributed by atoms with Gasteiger partial charge < -0.3 is 5.32 Å². The Labute approximate surface area is 200 Å². The highest BCUT2D eigenvalue weighted by molar-refractivity contribution is 7.87. The third kappa shape index (κ3) is 4.51. The quantitative estimate of drug-likeness (QED) is 0.584. The van der Waals surface area contributed by atoms with Crippen molar-refractivity contribution in [1.29, 1.82) is 0 Å². The zero-order valence-electron chi connectivity index (χ0n) is 24.3. The highest BCUT2D eigenvalue weighted by atomic mass is 35.5. The second-order valence-corrected chi connectivity index (χ2v) is 9.25. The normalized spacial score (nSPS) is 33.4. The number of likely N-dealkylation sites (N-methyl/N-ethyl adjacent to an activating group) is 1. The molecule has 4 rings (SSSR count). The molecule has 3 aromatic rings. The molecule has 1 unspecified atom stereocenters. The van der Waals surface area contributed by atoms with Gasteiger partial charge in [0.15, 0.2) is 0 Å². The van der Waals surface area contributed by atoms with E-state index in [1.165, 1.54) is 24.5 Å². The van der Waals surface area contributed by atoms with Crippen molar-refractivity contribution in [3.05, 3.63) is 58.4 Å². The van der Waals surface area contributed by atoms with E-state index >= 15 is 0 Å². The van der Waals surface area contributed by atoms with E-state index in [0.717, 1.165) is 29.5 Å². The van der Waals surface area contributed by atoms with Crippen LogP contribution in [0.15, 0.2) is 42.7 Å². The molecule has 1 saturated heterocycles. The summed E-state index contributed by atoms with van der Waals surface area (Å²) in [7, 11) is -5.31. The molecule has 0 bridgehead atoms. The molecular weight excluding hydrogens is 465 g/mol. The number of halogens is 2. The van der Waals surface area contributed by atoms with Crippen molar-refractivity contribution in [1.82, 2.24) is 18.8 Å². The Balaban J connectivity index is 1.80. The van der Waals surface area contributed by atoms with E-state index in [4.69, 9.17) is 23.9 Å². The van der Waals surface area contributed by atoms with Crippen LogP contribution in [0.1, 0.15) is 29.6 Å². The van der Waals surface area contributed by atoms with Crippen LogP contribution in [0.5, 0.6) is 0 Å². The molecule has 0 aliphatic carbocycles. The Morgan fingerprint density at radius 3 is 3.00 bits per heavy atom.